The molecule has 3 N–H and O–H groups in total. The fourth-order valence-corrected chi connectivity index (χ4v) is 2.97. The van der Waals surface area contributed by atoms with Crippen molar-refractivity contribution in [1.82, 2.24) is 4.90 Å². The number of fused-ring (bicyclic) bond motifs is 2. The van der Waals surface area contributed by atoms with E-state index in [0.29, 0.717) is 0 Å². The molecule has 2 aliphatic rings. The Morgan fingerprint density at radius 1 is 1.31 bits per heavy atom. The number of rotatable bonds is 2. The molecular weight excluding hydrogens is 204 g/mol. The van der Waals surface area contributed by atoms with Crippen molar-refractivity contribution in [2.45, 2.75) is 63.8 Å². The van der Waals surface area contributed by atoms with Crippen molar-refractivity contribution in [3.63, 3.8) is 0 Å². The fourth-order valence-electron chi connectivity index (χ4n) is 2.97. The van der Waals surface area contributed by atoms with Crippen LogP contribution in [0.5, 0.6) is 0 Å². The molecule has 2 saturated heterocycles. The van der Waals surface area contributed by atoms with Gasteiger partial charge in [-0.15, -0.1) is 0 Å². The molecule has 0 aromatic rings. The summed E-state index contributed by atoms with van der Waals surface area (Å²) < 4.78 is 0. The number of aliphatic hydroxyl groups excluding tert-OH is 1. The highest BCUT2D eigenvalue weighted by Crippen LogP contribution is 2.36. The molecular formula is C12H22N2O2. The van der Waals surface area contributed by atoms with Gasteiger partial charge in [-0.25, -0.2) is 0 Å². The number of piperidine rings is 1. The third-order valence-electron chi connectivity index (χ3n) is 4.14. The number of hydrogen-bond donors (Lipinski definition) is 2. The number of amides is 1. The van der Waals surface area contributed by atoms with Crippen molar-refractivity contribution in [2.24, 2.45) is 11.7 Å². The van der Waals surface area contributed by atoms with Gasteiger partial charge in [0.25, 0.3) is 0 Å². The number of aliphatic hydroxyl groups is 1. The second-order valence-electron chi connectivity index (χ2n) is 5.40. The summed E-state index contributed by atoms with van der Waals surface area (Å²) in [7, 11) is 0. The lowest BCUT2D eigenvalue weighted by atomic mass is 9.95. The number of nitrogens with two attached hydrogens (primary N) is 1. The largest absolute Gasteiger partial charge is 0.393 e. The maximum atomic E-state index is 12.3. The van der Waals surface area contributed by atoms with E-state index in [0.717, 1.165) is 25.7 Å². The van der Waals surface area contributed by atoms with Crippen molar-refractivity contribution < 1.29 is 9.90 Å². The quantitative estimate of drug-likeness (QED) is 0.720. The third kappa shape index (κ3) is 1.96. The van der Waals surface area contributed by atoms with Crippen LogP contribution in [0.1, 0.15) is 39.5 Å². The molecule has 2 aliphatic heterocycles. The number of nitrogens with zero attached hydrogens (tertiary/aromatic N) is 1. The molecule has 0 radical (unpaired) electrons. The zero-order valence-electron chi connectivity index (χ0n) is 10.1. The molecule has 4 atom stereocenters. The van der Waals surface area contributed by atoms with Gasteiger partial charge in [-0.2, -0.15) is 0 Å². The molecule has 92 valence electrons. The van der Waals surface area contributed by atoms with Crippen molar-refractivity contribution >= 4 is 5.91 Å². The molecule has 2 fully saturated rings. The van der Waals surface area contributed by atoms with Crippen molar-refractivity contribution in [3.8, 4) is 0 Å². The van der Waals surface area contributed by atoms with Crippen LogP contribution in [0.25, 0.3) is 0 Å². The van der Waals surface area contributed by atoms with Gasteiger partial charge in [0.05, 0.1) is 12.0 Å². The van der Waals surface area contributed by atoms with Crippen molar-refractivity contribution in [3.05, 3.63) is 0 Å². The summed E-state index contributed by atoms with van der Waals surface area (Å²) in [6, 6.07) is 0.406. The van der Waals surface area contributed by atoms with Gasteiger partial charge in [-0.1, -0.05) is 6.92 Å². The highest BCUT2D eigenvalue weighted by atomic mass is 16.3. The predicted octanol–water partition coefficient (Wildman–Crippen LogP) is 0.484. The summed E-state index contributed by atoms with van der Waals surface area (Å²) in [5, 5.41) is 9.67. The van der Waals surface area contributed by atoms with Crippen LogP contribution in [0.4, 0.5) is 0 Å². The summed E-state index contributed by atoms with van der Waals surface area (Å²) >= 11 is 0. The summed E-state index contributed by atoms with van der Waals surface area (Å²) in [6.07, 6.45) is 3.35. The van der Waals surface area contributed by atoms with Crippen LogP contribution in [-0.2, 0) is 4.79 Å². The van der Waals surface area contributed by atoms with Crippen LogP contribution < -0.4 is 5.73 Å². The Kier molecular flexibility index (Phi) is 3.22. The van der Waals surface area contributed by atoms with Gasteiger partial charge in [0.2, 0.25) is 5.91 Å². The van der Waals surface area contributed by atoms with Crippen LogP contribution in [-0.4, -0.2) is 40.1 Å². The number of hydrogen-bond acceptors (Lipinski definition) is 3. The van der Waals surface area contributed by atoms with Gasteiger partial charge in [0.15, 0.2) is 0 Å². The molecule has 2 rings (SSSR count). The summed E-state index contributed by atoms with van der Waals surface area (Å²) in [6.45, 7) is 3.78. The maximum Gasteiger partial charge on any atom is 0.227 e. The van der Waals surface area contributed by atoms with Gasteiger partial charge >= 0.3 is 0 Å². The standard InChI is InChI=1S/C12H22N2O2/c1-7(8(2)13)12(16)14-9-3-4-10(14)6-11(15)5-9/h7-11,15H,3-6,13H2,1-2H3. The maximum absolute atomic E-state index is 12.3. The molecule has 0 spiro atoms. The minimum absolute atomic E-state index is 0.0984. The highest BCUT2D eigenvalue weighted by Gasteiger charge is 2.43. The van der Waals surface area contributed by atoms with E-state index in [4.69, 9.17) is 5.73 Å². The highest BCUT2D eigenvalue weighted by molar-refractivity contribution is 5.80. The zero-order chi connectivity index (χ0) is 11.9. The SMILES string of the molecule is CC(N)C(C)C(=O)N1C2CCC1CC(O)C2. The normalized spacial score (nSPS) is 37.2. The van der Waals surface area contributed by atoms with Gasteiger partial charge in [0.1, 0.15) is 0 Å². The summed E-state index contributed by atoms with van der Waals surface area (Å²) in [5.74, 6) is 0.0627. The van der Waals surface area contributed by atoms with E-state index in [1.54, 1.807) is 0 Å². The monoisotopic (exact) mass is 226 g/mol. The average molecular weight is 226 g/mol. The minimum Gasteiger partial charge on any atom is -0.393 e. The molecule has 4 unspecified atom stereocenters. The lowest BCUT2D eigenvalue weighted by Crippen LogP contribution is -2.52. The lowest BCUT2D eigenvalue weighted by molar-refractivity contribution is -0.141. The molecule has 1 amide bonds. The Bertz CT molecular complexity index is 266. The Morgan fingerprint density at radius 3 is 2.25 bits per heavy atom. The van der Waals surface area contributed by atoms with Crippen molar-refractivity contribution in [2.75, 3.05) is 0 Å². The van der Waals surface area contributed by atoms with E-state index in [1.165, 1.54) is 0 Å². The van der Waals surface area contributed by atoms with E-state index < -0.39 is 0 Å². The van der Waals surface area contributed by atoms with Gasteiger partial charge < -0.3 is 15.7 Å². The van der Waals surface area contributed by atoms with Crippen LogP contribution in [0.2, 0.25) is 0 Å². The van der Waals surface area contributed by atoms with Gasteiger partial charge in [-0.05, 0) is 32.6 Å². The number of carbonyl (C=O) groups excluding carboxylic acids is 1. The molecule has 4 nitrogen and oxygen atoms in total. The summed E-state index contributed by atoms with van der Waals surface area (Å²) in [5.41, 5.74) is 5.79. The van der Waals surface area contributed by atoms with E-state index >= 15 is 0 Å². The Balaban J connectivity index is 2.08. The third-order valence-corrected chi connectivity index (χ3v) is 4.14. The second-order valence-corrected chi connectivity index (χ2v) is 5.40. The van der Waals surface area contributed by atoms with Crippen LogP contribution in [0.3, 0.4) is 0 Å². The molecule has 2 heterocycles. The van der Waals surface area contributed by atoms with Crippen molar-refractivity contribution in [1.29, 1.82) is 0 Å². The molecule has 0 saturated carbocycles. The van der Waals surface area contributed by atoms with Crippen LogP contribution in [0.15, 0.2) is 0 Å². The molecule has 0 aromatic heterocycles. The van der Waals surface area contributed by atoms with Crippen LogP contribution >= 0.6 is 0 Å². The minimum atomic E-state index is -0.216. The molecule has 16 heavy (non-hydrogen) atoms. The Morgan fingerprint density at radius 2 is 1.81 bits per heavy atom. The second kappa shape index (κ2) is 4.34. The van der Waals surface area contributed by atoms with Gasteiger partial charge in [0, 0.05) is 18.1 Å². The topological polar surface area (TPSA) is 66.6 Å². The molecule has 2 bridgehead atoms. The first-order valence-electron chi connectivity index (χ1n) is 6.26. The molecule has 0 aliphatic carbocycles. The Labute approximate surface area is 96.8 Å². The smallest absolute Gasteiger partial charge is 0.227 e. The molecule has 4 heteroatoms. The lowest BCUT2D eigenvalue weighted by Gasteiger charge is -2.39. The Hall–Kier alpha value is -0.610. The van der Waals surface area contributed by atoms with E-state index in [2.05, 4.69) is 0 Å². The van der Waals surface area contributed by atoms with E-state index in [9.17, 15) is 9.90 Å². The van der Waals surface area contributed by atoms with E-state index in [-0.39, 0.29) is 36.1 Å². The van der Waals surface area contributed by atoms with Crippen LogP contribution in [0, 0.1) is 5.92 Å². The first kappa shape index (κ1) is 11.9. The average Bonchev–Trinajstić information content (AvgIpc) is 2.49. The van der Waals surface area contributed by atoms with E-state index in [1.807, 2.05) is 18.7 Å². The predicted molar refractivity (Wildman–Crippen MR) is 61.7 cm³/mol. The summed E-state index contributed by atoms with van der Waals surface area (Å²) in [4.78, 5) is 14.3. The fraction of sp³-hybridized carbons (Fsp3) is 0.917. The first-order valence-corrected chi connectivity index (χ1v) is 6.26. The first-order chi connectivity index (χ1) is 7.50. The number of carbonyl (C=O) groups is 1. The molecule has 0 aromatic carbocycles. The van der Waals surface area contributed by atoms with Gasteiger partial charge in [-0.3, -0.25) is 4.79 Å². The zero-order valence-corrected chi connectivity index (χ0v) is 10.1.